The van der Waals surface area contributed by atoms with Crippen LogP contribution in [0.5, 0.6) is 5.88 Å². The molecule has 2 fully saturated rings. The van der Waals surface area contributed by atoms with E-state index in [1.807, 2.05) is 6.07 Å². The zero-order chi connectivity index (χ0) is 18.7. The molecule has 0 atom stereocenters. The van der Waals surface area contributed by atoms with Crippen molar-refractivity contribution in [3.63, 3.8) is 0 Å². The molecule has 1 aliphatic heterocycles. The lowest BCUT2D eigenvalue weighted by Gasteiger charge is -2.34. The van der Waals surface area contributed by atoms with Crippen LogP contribution < -0.4 is 4.74 Å². The SMILES string of the molecule is O=S(=O)(C1CCCCC1)N1CCC(Oc2ccc(-n3cccn3)nn2)CC1. The van der Waals surface area contributed by atoms with Crippen molar-refractivity contribution in [2.24, 2.45) is 0 Å². The molecule has 0 radical (unpaired) electrons. The van der Waals surface area contributed by atoms with E-state index in [1.54, 1.807) is 33.5 Å². The third kappa shape index (κ3) is 4.14. The quantitative estimate of drug-likeness (QED) is 0.776. The second kappa shape index (κ2) is 7.93. The molecule has 0 aromatic carbocycles. The highest BCUT2D eigenvalue weighted by Crippen LogP contribution is 2.28. The zero-order valence-electron chi connectivity index (χ0n) is 15.3. The van der Waals surface area contributed by atoms with Crippen LogP contribution in [0, 0.1) is 0 Å². The van der Waals surface area contributed by atoms with E-state index in [0.717, 1.165) is 32.1 Å². The maximum Gasteiger partial charge on any atom is 0.233 e. The molecule has 0 unspecified atom stereocenters. The van der Waals surface area contributed by atoms with Gasteiger partial charge in [0.2, 0.25) is 15.9 Å². The standard InChI is InChI=1S/C18H25N5O3S/c24-27(25,16-5-2-1-3-6-16)22-13-9-15(10-14-22)26-18-8-7-17(20-21-18)23-12-4-11-19-23/h4,7-8,11-12,15-16H,1-3,5-6,9-10,13-14H2. The Morgan fingerprint density at radius 2 is 1.78 bits per heavy atom. The average molecular weight is 391 g/mol. The maximum absolute atomic E-state index is 12.8. The number of sulfonamides is 1. The predicted octanol–water partition coefficient (Wildman–Crippen LogP) is 2.17. The van der Waals surface area contributed by atoms with Crippen LogP contribution in [-0.4, -0.2) is 57.1 Å². The van der Waals surface area contributed by atoms with Gasteiger partial charge in [-0.05, 0) is 37.8 Å². The first-order chi connectivity index (χ1) is 13.1. The number of hydrogen-bond acceptors (Lipinski definition) is 6. The Morgan fingerprint density at radius 1 is 1.00 bits per heavy atom. The van der Waals surface area contributed by atoms with E-state index in [-0.39, 0.29) is 11.4 Å². The van der Waals surface area contributed by atoms with E-state index in [2.05, 4.69) is 15.3 Å². The van der Waals surface area contributed by atoms with Gasteiger partial charge in [0.1, 0.15) is 6.10 Å². The zero-order valence-corrected chi connectivity index (χ0v) is 16.1. The van der Waals surface area contributed by atoms with Gasteiger partial charge in [-0.2, -0.15) is 5.10 Å². The Bertz CT molecular complexity index is 824. The van der Waals surface area contributed by atoms with Crippen molar-refractivity contribution in [2.75, 3.05) is 13.1 Å². The van der Waals surface area contributed by atoms with E-state index in [1.165, 1.54) is 0 Å². The number of nitrogens with zero attached hydrogens (tertiary/aromatic N) is 5. The van der Waals surface area contributed by atoms with Gasteiger partial charge in [-0.15, -0.1) is 10.2 Å². The summed E-state index contributed by atoms with van der Waals surface area (Å²) in [4.78, 5) is 0. The van der Waals surface area contributed by atoms with E-state index < -0.39 is 10.0 Å². The number of rotatable bonds is 5. The second-order valence-electron chi connectivity index (χ2n) is 7.20. The first kappa shape index (κ1) is 18.4. The Balaban J connectivity index is 1.31. The molecule has 2 aromatic rings. The molecule has 0 amide bonds. The predicted molar refractivity (Wildman–Crippen MR) is 100 cm³/mol. The lowest BCUT2D eigenvalue weighted by molar-refractivity contribution is 0.128. The summed E-state index contributed by atoms with van der Waals surface area (Å²) in [6.45, 7) is 1.03. The van der Waals surface area contributed by atoms with Gasteiger partial charge < -0.3 is 4.74 Å². The highest BCUT2D eigenvalue weighted by molar-refractivity contribution is 7.89. The lowest BCUT2D eigenvalue weighted by Crippen LogP contribution is -2.46. The number of piperidine rings is 1. The monoisotopic (exact) mass is 391 g/mol. The molecular formula is C18H25N5O3S. The molecule has 1 aliphatic carbocycles. The van der Waals surface area contributed by atoms with Crippen molar-refractivity contribution in [3.05, 3.63) is 30.6 Å². The fourth-order valence-corrected chi connectivity index (χ4v) is 5.92. The second-order valence-corrected chi connectivity index (χ2v) is 9.41. The Labute approximate surface area is 159 Å². The van der Waals surface area contributed by atoms with Gasteiger partial charge in [0.15, 0.2) is 5.82 Å². The average Bonchev–Trinajstić information content (AvgIpc) is 3.25. The summed E-state index contributed by atoms with van der Waals surface area (Å²) in [6, 6.07) is 5.40. The van der Waals surface area contributed by atoms with Gasteiger partial charge in [0.25, 0.3) is 0 Å². The molecule has 4 rings (SSSR count). The molecular weight excluding hydrogens is 366 g/mol. The highest BCUT2D eigenvalue weighted by Gasteiger charge is 2.35. The summed E-state index contributed by atoms with van der Waals surface area (Å²) >= 11 is 0. The van der Waals surface area contributed by atoms with Crippen LogP contribution in [0.1, 0.15) is 44.9 Å². The minimum absolute atomic E-state index is 0.0346. The van der Waals surface area contributed by atoms with Crippen LogP contribution in [0.2, 0.25) is 0 Å². The van der Waals surface area contributed by atoms with Crippen molar-refractivity contribution in [1.29, 1.82) is 0 Å². The van der Waals surface area contributed by atoms with Crippen molar-refractivity contribution in [1.82, 2.24) is 24.3 Å². The van der Waals surface area contributed by atoms with Gasteiger partial charge in [0, 0.05) is 31.5 Å². The van der Waals surface area contributed by atoms with Gasteiger partial charge in [0.05, 0.1) is 5.25 Å². The van der Waals surface area contributed by atoms with Crippen molar-refractivity contribution < 1.29 is 13.2 Å². The van der Waals surface area contributed by atoms with Crippen LogP contribution in [0.25, 0.3) is 5.82 Å². The molecule has 0 bridgehead atoms. The van der Waals surface area contributed by atoms with Crippen molar-refractivity contribution in [3.8, 4) is 11.7 Å². The first-order valence-electron chi connectivity index (χ1n) is 9.62. The molecule has 9 heteroatoms. The number of hydrogen-bond donors (Lipinski definition) is 0. The summed E-state index contributed by atoms with van der Waals surface area (Å²) in [6.07, 6.45) is 9.61. The van der Waals surface area contributed by atoms with Gasteiger partial charge in [-0.25, -0.2) is 17.4 Å². The molecule has 3 heterocycles. The number of ether oxygens (including phenoxy) is 1. The molecule has 2 aliphatic rings. The van der Waals surface area contributed by atoms with Gasteiger partial charge >= 0.3 is 0 Å². The Morgan fingerprint density at radius 3 is 2.41 bits per heavy atom. The van der Waals surface area contributed by atoms with Crippen LogP contribution in [-0.2, 0) is 10.0 Å². The van der Waals surface area contributed by atoms with Crippen LogP contribution in [0.15, 0.2) is 30.6 Å². The van der Waals surface area contributed by atoms with Gasteiger partial charge in [-0.3, -0.25) is 0 Å². The summed E-state index contributed by atoms with van der Waals surface area (Å²) < 4.78 is 34.8. The summed E-state index contributed by atoms with van der Waals surface area (Å²) in [5.74, 6) is 1.08. The smallest absolute Gasteiger partial charge is 0.233 e. The fraction of sp³-hybridized carbons (Fsp3) is 0.611. The van der Waals surface area contributed by atoms with E-state index >= 15 is 0 Å². The van der Waals surface area contributed by atoms with E-state index in [4.69, 9.17) is 4.74 Å². The molecule has 1 saturated heterocycles. The third-order valence-electron chi connectivity index (χ3n) is 5.39. The molecule has 27 heavy (non-hydrogen) atoms. The maximum atomic E-state index is 12.8. The normalized spacial score (nSPS) is 20.6. The lowest BCUT2D eigenvalue weighted by atomic mass is 10.0. The fourth-order valence-electron chi connectivity index (χ4n) is 3.85. The Hall–Kier alpha value is -2.00. The molecule has 8 nitrogen and oxygen atoms in total. The molecule has 0 spiro atoms. The topological polar surface area (TPSA) is 90.2 Å². The Kier molecular flexibility index (Phi) is 5.40. The minimum Gasteiger partial charge on any atom is -0.473 e. The largest absolute Gasteiger partial charge is 0.473 e. The summed E-state index contributed by atoms with van der Waals surface area (Å²) in [5.41, 5.74) is 0. The van der Waals surface area contributed by atoms with E-state index in [0.29, 0.717) is 37.6 Å². The molecule has 2 aromatic heterocycles. The number of aromatic nitrogens is 4. The van der Waals surface area contributed by atoms with Crippen LogP contribution in [0.3, 0.4) is 0 Å². The molecule has 1 saturated carbocycles. The van der Waals surface area contributed by atoms with Crippen LogP contribution in [0.4, 0.5) is 0 Å². The molecule has 0 N–H and O–H groups in total. The first-order valence-corrected chi connectivity index (χ1v) is 11.1. The summed E-state index contributed by atoms with van der Waals surface area (Å²) in [7, 11) is -3.17. The summed E-state index contributed by atoms with van der Waals surface area (Å²) in [5, 5.41) is 12.1. The molecule has 146 valence electrons. The van der Waals surface area contributed by atoms with Crippen molar-refractivity contribution >= 4 is 10.0 Å². The van der Waals surface area contributed by atoms with E-state index in [9.17, 15) is 8.42 Å². The highest BCUT2D eigenvalue weighted by atomic mass is 32.2. The van der Waals surface area contributed by atoms with Crippen LogP contribution >= 0.6 is 0 Å². The third-order valence-corrected chi connectivity index (χ3v) is 7.79. The minimum atomic E-state index is -3.17. The van der Waals surface area contributed by atoms with Gasteiger partial charge in [-0.1, -0.05) is 19.3 Å². The van der Waals surface area contributed by atoms with Crippen molar-refractivity contribution in [2.45, 2.75) is 56.3 Å².